The number of hydrogen-bond donors (Lipinski definition) is 2. The third-order valence-corrected chi connectivity index (χ3v) is 2.38. The number of benzene rings is 1. The summed E-state index contributed by atoms with van der Waals surface area (Å²) in [5.74, 6) is -0.794. The van der Waals surface area contributed by atoms with E-state index in [1.165, 1.54) is 0 Å². The number of nitrogens with one attached hydrogen (secondary N) is 2. The van der Waals surface area contributed by atoms with Crippen LogP contribution in [-0.2, 0) is 11.3 Å². The zero-order valence-corrected chi connectivity index (χ0v) is 9.81. The Morgan fingerprint density at radius 2 is 1.94 bits per heavy atom. The summed E-state index contributed by atoms with van der Waals surface area (Å²) < 4.78 is 0. The van der Waals surface area contributed by atoms with Crippen molar-refractivity contribution in [2.75, 3.05) is 5.88 Å². The van der Waals surface area contributed by atoms with Crippen molar-refractivity contribution in [3.63, 3.8) is 0 Å². The van der Waals surface area contributed by atoms with E-state index in [9.17, 15) is 9.59 Å². The van der Waals surface area contributed by atoms with Gasteiger partial charge in [0.2, 0.25) is 5.91 Å². The fourth-order valence-corrected chi connectivity index (χ4v) is 1.29. The molecule has 0 bridgehead atoms. The SMILES string of the molecule is O=C(CCl)NC(=O)NCc1ccccc1Cl. The minimum Gasteiger partial charge on any atom is -0.334 e. The summed E-state index contributed by atoms with van der Waals surface area (Å²) in [6.07, 6.45) is 0. The van der Waals surface area contributed by atoms with Gasteiger partial charge in [-0.3, -0.25) is 10.1 Å². The van der Waals surface area contributed by atoms with Gasteiger partial charge in [0.1, 0.15) is 5.88 Å². The quantitative estimate of drug-likeness (QED) is 0.816. The number of hydrogen-bond acceptors (Lipinski definition) is 2. The summed E-state index contributed by atoms with van der Waals surface area (Å²) in [7, 11) is 0. The summed E-state index contributed by atoms with van der Waals surface area (Å²) >= 11 is 11.1. The summed E-state index contributed by atoms with van der Waals surface area (Å²) in [5, 5.41) is 5.11. The first-order valence-corrected chi connectivity index (χ1v) is 5.41. The molecule has 0 aliphatic heterocycles. The first-order chi connectivity index (χ1) is 7.63. The number of halogens is 2. The van der Waals surface area contributed by atoms with E-state index in [1.54, 1.807) is 18.2 Å². The monoisotopic (exact) mass is 260 g/mol. The molecule has 0 unspecified atom stereocenters. The van der Waals surface area contributed by atoms with Gasteiger partial charge in [0, 0.05) is 11.6 Å². The number of alkyl halides is 1. The first kappa shape index (κ1) is 12.8. The van der Waals surface area contributed by atoms with Crippen LogP contribution in [0, 0.1) is 0 Å². The van der Waals surface area contributed by atoms with Crippen molar-refractivity contribution in [1.82, 2.24) is 10.6 Å². The molecule has 6 heteroatoms. The molecule has 0 saturated carbocycles. The van der Waals surface area contributed by atoms with Crippen molar-refractivity contribution in [3.05, 3.63) is 34.9 Å². The highest BCUT2D eigenvalue weighted by atomic mass is 35.5. The topological polar surface area (TPSA) is 58.2 Å². The Hall–Kier alpha value is -1.26. The Bertz CT molecular complexity index is 396. The number of carbonyl (C=O) groups is 2. The van der Waals surface area contributed by atoms with Crippen molar-refractivity contribution in [3.8, 4) is 0 Å². The Kier molecular flexibility index (Phi) is 5.08. The molecular formula is C10H10Cl2N2O2. The van der Waals surface area contributed by atoms with Gasteiger partial charge in [-0.05, 0) is 11.6 Å². The molecule has 0 aromatic heterocycles. The van der Waals surface area contributed by atoms with Crippen LogP contribution in [0.4, 0.5) is 4.79 Å². The van der Waals surface area contributed by atoms with E-state index in [1.807, 2.05) is 6.07 Å². The standard InChI is InChI=1S/C10H10Cl2N2O2/c11-5-9(15)14-10(16)13-6-7-3-1-2-4-8(7)12/h1-4H,5-6H2,(H2,13,14,15,16). The lowest BCUT2D eigenvalue weighted by atomic mass is 10.2. The molecule has 3 amide bonds. The third kappa shape index (κ3) is 4.08. The molecule has 1 rings (SSSR count). The van der Waals surface area contributed by atoms with Gasteiger partial charge in [0.05, 0.1) is 0 Å². The molecule has 16 heavy (non-hydrogen) atoms. The summed E-state index contributed by atoms with van der Waals surface area (Å²) in [4.78, 5) is 21.9. The van der Waals surface area contributed by atoms with E-state index in [0.29, 0.717) is 5.02 Å². The third-order valence-electron chi connectivity index (χ3n) is 1.77. The van der Waals surface area contributed by atoms with Crippen LogP contribution < -0.4 is 10.6 Å². The van der Waals surface area contributed by atoms with Gasteiger partial charge in [-0.2, -0.15) is 0 Å². The number of urea groups is 1. The first-order valence-electron chi connectivity index (χ1n) is 4.50. The molecule has 0 spiro atoms. The smallest absolute Gasteiger partial charge is 0.321 e. The second-order valence-corrected chi connectivity index (χ2v) is 3.63. The second-order valence-electron chi connectivity index (χ2n) is 2.96. The summed E-state index contributed by atoms with van der Waals surface area (Å²) in [6, 6.07) is 6.52. The predicted molar refractivity (Wildman–Crippen MR) is 62.6 cm³/mol. The molecule has 0 radical (unpaired) electrons. The maximum Gasteiger partial charge on any atom is 0.321 e. The summed E-state index contributed by atoms with van der Waals surface area (Å²) in [6.45, 7) is 0.251. The summed E-state index contributed by atoms with van der Waals surface area (Å²) in [5.41, 5.74) is 0.776. The Labute approximate surface area is 103 Å². The van der Waals surface area contributed by atoms with Gasteiger partial charge in [0.15, 0.2) is 0 Å². The van der Waals surface area contributed by atoms with E-state index >= 15 is 0 Å². The Morgan fingerprint density at radius 3 is 2.56 bits per heavy atom. The predicted octanol–water partition coefficient (Wildman–Crippen LogP) is 1.90. The minimum atomic E-state index is -0.592. The van der Waals surface area contributed by atoms with Gasteiger partial charge in [-0.15, -0.1) is 11.6 Å². The molecule has 4 nitrogen and oxygen atoms in total. The number of amides is 3. The van der Waals surface area contributed by atoms with E-state index in [0.717, 1.165) is 5.56 Å². The van der Waals surface area contributed by atoms with Gasteiger partial charge in [-0.25, -0.2) is 4.79 Å². The van der Waals surface area contributed by atoms with Crippen molar-refractivity contribution in [2.45, 2.75) is 6.54 Å². The molecule has 0 aliphatic carbocycles. The van der Waals surface area contributed by atoms with Gasteiger partial charge in [-0.1, -0.05) is 29.8 Å². The van der Waals surface area contributed by atoms with E-state index in [4.69, 9.17) is 23.2 Å². The molecule has 1 aromatic rings. The zero-order chi connectivity index (χ0) is 12.0. The molecule has 0 fully saturated rings. The lowest BCUT2D eigenvalue weighted by Crippen LogP contribution is -2.39. The van der Waals surface area contributed by atoms with Crippen LogP contribution in [0.1, 0.15) is 5.56 Å². The van der Waals surface area contributed by atoms with E-state index in [2.05, 4.69) is 10.6 Å². The largest absolute Gasteiger partial charge is 0.334 e. The van der Waals surface area contributed by atoms with E-state index < -0.39 is 11.9 Å². The van der Waals surface area contributed by atoms with Crippen LogP contribution in [0.15, 0.2) is 24.3 Å². The van der Waals surface area contributed by atoms with Crippen LogP contribution in [0.5, 0.6) is 0 Å². The van der Waals surface area contributed by atoms with Crippen LogP contribution in [-0.4, -0.2) is 17.8 Å². The average molecular weight is 261 g/mol. The Balaban J connectivity index is 2.43. The van der Waals surface area contributed by atoms with Crippen molar-refractivity contribution >= 4 is 35.1 Å². The number of rotatable bonds is 3. The second kappa shape index (κ2) is 6.35. The maximum atomic E-state index is 11.2. The molecule has 0 aliphatic rings. The van der Waals surface area contributed by atoms with Crippen molar-refractivity contribution < 1.29 is 9.59 Å². The highest BCUT2D eigenvalue weighted by Gasteiger charge is 2.06. The van der Waals surface area contributed by atoms with Crippen LogP contribution in [0.3, 0.4) is 0 Å². The average Bonchev–Trinajstić information content (AvgIpc) is 2.28. The lowest BCUT2D eigenvalue weighted by molar-refractivity contribution is -0.117. The van der Waals surface area contributed by atoms with Gasteiger partial charge < -0.3 is 5.32 Å². The normalized spacial score (nSPS) is 9.62. The molecule has 0 atom stereocenters. The van der Waals surface area contributed by atoms with Gasteiger partial charge in [0.25, 0.3) is 0 Å². The van der Waals surface area contributed by atoms with Crippen molar-refractivity contribution in [1.29, 1.82) is 0 Å². The molecule has 0 saturated heterocycles. The fraction of sp³-hybridized carbons (Fsp3) is 0.200. The van der Waals surface area contributed by atoms with Crippen molar-refractivity contribution in [2.24, 2.45) is 0 Å². The van der Waals surface area contributed by atoms with Crippen LogP contribution in [0.2, 0.25) is 5.02 Å². The van der Waals surface area contributed by atoms with Crippen LogP contribution >= 0.6 is 23.2 Å². The maximum absolute atomic E-state index is 11.2. The zero-order valence-electron chi connectivity index (χ0n) is 8.30. The highest BCUT2D eigenvalue weighted by molar-refractivity contribution is 6.31. The Morgan fingerprint density at radius 1 is 1.25 bits per heavy atom. The fourth-order valence-electron chi connectivity index (χ4n) is 1.02. The number of imide groups is 1. The molecule has 1 aromatic carbocycles. The molecular weight excluding hydrogens is 251 g/mol. The minimum absolute atomic E-state index is 0.250. The van der Waals surface area contributed by atoms with Crippen LogP contribution in [0.25, 0.3) is 0 Å². The molecule has 0 heterocycles. The molecule has 2 N–H and O–H groups in total. The lowest BCUT2D eigenvalue weighted by Gasteiger charge is -2.06. The van der Waals surface area contributed by atoms with E-state index in [-0.39, 0.29) is 12.4 Å². The number of carbonyl (C=O) groups excluding carboxylic acids is 2. The molecule has 86 valence electrons. The highest BCUT2D eigenvalue weighted by Crippen LogP contribution is 2.13. The van der Waals surface area contributed by atoms with Gasteiger partial charge >= 0.3 is 6.03 Å².